The van der Waals surface area contributed by atoms with Crippen LogP contribution in [0.15, 0.2) is 32.1 Å². The van der Waals surface area contributed by atoms with Crippen LogP contribution in [0, 0.1) is 0 Å². The van der Waals surface area contributed by atoms with E-state index in [4.69, 9.17) is 10.6 Å². The number of benzene rings is 1. The normalized spacial score (nSPS) is 11.5. The van der Waals surface area contributed by atoms with Crippen molar-refractivity contribution in [1.29, 1.82) is 0 Å². The second-order valence-electron chi connectivity index (χ2n) is 3.67. The van der Waals surface area contributed by atoms with E-state index in [1.807, 2.05) is 25.1 Å². The first-order chi connectivity index (χ1) is 9.17. The van der Waals surface area contributed by atoms with Crippen LogP contribution >= 0.6 is 31.9 Å². The van der Waals surface area contributed by atoms with E-state index in [2.05, 4.69) is 47.6 Å². The van der Waals surface area contributed by atoms with E-state index < -0.39 is 0 Å². The maximum atomic E-state index is 5.44. The first-order valence-corrected chi connectivity index (χ1v) is 7.56. The van der Waals surface area contributed by atoms with Gasteiger partial charge < -0.3 is 10.1 Å². The van der Waals surface area contributed by atoms with Gasteiger partial charge in [0.05, 0.1) is 5.69 Å². The fraction of sp³-hybridized carbons (Fsp3) is 0.417. The summed E-state index contributed by atoms with van der Waals surface area (Å²) in [5.41, 5.74) is 3.44. The van der Waals surface area contributed by atoms with Gasteiger partial charge in [0, 0.05) is 28.7 Å². The molecule has 0 aromatic heterocycles. The van der Waals surface area contributed by atoms with E-state index in [1.54, 1.807) is 0 Å². The highest BCUT2D eigenvalue weighted by Gasteiger charge is 2.03. The van der Waals surface area contributed by atoms with Gasteiger partial charge in [0.15, 0.2) is 0 Å². The molecule has 0 amide bonds. The summed E-state index contributed by atoms with van der Waals surface area (Å²) in [4.78, 5) is 4.33. The number of guanidine groups is 1. The van der Waals surface area contributed by atoms with Crippen molar-refractivity contribution >= 4 is 43.5 Å². The fourth-order valence-electron chi connectivity index (χ4n) is 1.34. The van der Waals surface area contributed by atoms with E-state index in [-0.39, 0.29) is 0 Å². The zero-order valence-electron chi connectivity index (χ0n) is 10.7. The number of aliphatic imine (C=N–C) groups is 1. The van der Waals surface area contributed by atoms with Crippen LogP contribution < -0.4 is 16.6 Å². The average Bonchev–Trinajstić information content (AvgIpc) is 2.39. The van der Waals surface area contributed by atoms with Gasteiger partial charge in [0.25, 0.3) is 0 Å². The zero-order chi connectivity index (χ0) is 14.1. The Kier molecular flexibility index (Phi) is 8.04. The van der Waals surface area contributed by atoms with Crippen molar-refractivity contribution in [3.05, 3.63) is 27.1 Å². The molecule has 7 heteroatoms. The van der Waals surface area contributed by atoms with Crippen molar-refractivity contribution in [2.45, 2.75) is 13.3 Å². The zero-order valence-corrected chi connectivity index (χ0v) is 13.9. The van der Waals surface area contributed by atoms with Gasteiger partial charge in [-0.05, 0) is 47.5 Å². The average molecular weight is 394 g/mol. The smallest absolute Gasteiger partial charge is 0.210 e. The Balaban J connectivity index is 2.53. The van der Waals surface area contributed by atoms with Crippen LogP contribution in [0.4, 0.5) is 5.69 Å². The van der Waals surface area contributed by atoms with Crippen molar-refractivity contribution in [3.8, 4) is 0 Å². The standard InChI is InChI=1S/C12H18Br2N4O/c1-2-19-7-3-6-16-12(18-15)17-11-5-4-9(13)8-10(11)14/h4-5,8H,2-3,6-7,15H2,1H3,(H2,16,17,18). The number of rotatable bonds is 6. The molecule has 0 bridgehead atoms. The lowest BCUT2D eigenvalue weighted by atomic mass is 10.3. The molecule has 0 heterocycles. The number of anilines is 1. The molecule has 0 aliphatic rings. The number of nitrogens with two attached hydrogens (primary N) is 1. The summed E-state index contributed by atoms with van der Waals surface area (Å²) < 4.78 is 7.18. The Hall–Kier alpha value is -0.630. The number of hydrogen-bond donors (Lipinski definition) is 3. The highest BCUT2D eigenvalue weighted by atomic mass is 79.9. The molecule has 1 aromatic carbocycles. The lowest BCUT2D eigenvalue weighted by Crippen LogP contribution is -2.36. The second-order valence-corrected chi connectivity index (χ2v) is 5.44. The van der Waals surface area contributed by atoms with E-state index in [0.717, 1.165) is 27.7 Å². The van der Waals surface area contributed by atoms with Crippen molar-refractivity contribution in [2.24, 2.45) is 10.8 Å². The Bertz CT molecular complexity index is 426. The summed E-state index contributed by atoms with van der Waals surface area (Å²) in [6.45, 7) is 4.07. The summed E-state index contributed by atoms with van der Waals surface area (Å²) in [7, 11) is 0. The van der Waals surface area contributed by atoms with Crippen LogP contribution in [0.3, 0.4) is 0 Å². The molecule has 4 N–H and O–H groups in total. The van der Waals surface area contributed by atoms with Crippen LogP contribution in [-0.2, 0) is 4.74 Å². The molecular weight excluding hydrogens is 376 g/mol. The molecule has 0 unspecified atom stereocenters. The molecule has 19 heavy (non-hydrogen) atoms. The molecule has 0 saturated heterocycles. The lowest BCUT2D eigenvalue weighted by Gasteiger charge is -2.11. The number of nitrogens with zero attached hydrogens (tertiary/aromatic N) is 1. The molecule has 1 rings (SSSR count). The van der Waals surface area contributed by atoms with Crippen LogP contribution in [0.1, 0.15) is 13.3 Å². The third kappa shape index (κ3) is 6.38. The largest absolute Gasteiger partial charge is 0.382 e. The number of hydrazine groups is 1. The van der Waals surface area contributed by atoms with Gasteiger partial charge in [0.1, 0.15) is 0 Å². The monoisotopic (exact) mass is 392 g/mol. The molecule has 5 nitrogen and oxygen atoms in total. The van der Waals surface area contributed by atoms with Gasteiger partial charge in [-0.1, -0.05) is 15.9 Å². The highest BCUT2D eigenvalue weighted by molar-refractivity contribution is 9.11. The minimum atomic E-state index is 0.527. The van der Waals surface area contributed by atoms with Crippen molar-refractivity contribution < 1.29 is 4.74 Å². The van der Waals surface area contributed by atoms with Crippen molar-refractivity contribution in [1.82, 2.24) is 5.43 Å². The molecule has 0 aliphatic carbocycles. The number of ether oxygens (including phenoxy) is 1. The SMILES string of the molecule is CCOCCCN=C(NN)Nc1ccc(Br)cc1Br. The molecule has 0 spiro atoms. The van der Waals surface area contributed by atoms with Gasteiger partial charge >= 0.3 is 0 Å². The van der Waals surface area contributed by atoms with Gasteiger partial charge in [-0.15, -0.1) is 0 Å². The van der Waals surface area contributed by atoms with E-state index >= 15 is 0 Å². The summed E-state index contributed by atoms with van der Waals surface area (Å²) in [6.07, 6.45) is 0.863. The maximum Gasteiger partial charge on any atom is 0.210 e. The Labute approximate surface area is 130 Å². The summed E-state index contributed by atoms with van der Waals surface area (Å²) >= 11 is 6.87. The molecule has 0 atom stereocenters. The quantitative estimate of drug-likeness (QED) is 0.228. The molecule has 0 radical (unpaired) electrons. The number of hydrogen-bond acceptors (Lipinski definition) is 3. The fourth-order valence-corrected chi connectivity index (χ4v) is 2.49. The van der Waals surface area contributed by atoms with Crippen molar-refractivity contribution in [2.75, 3.05) is 25.1 Å². The van der Waals surface area contributed by atoms with E-state index in [9.17, 15) is 0 Å². The maximum absolute atomic E-state index is 5.44. The van der Waals surface area contributed by atoms with Gasteiger partial charge in [-0.25, -0.2) is 5.84 Å². The minimum Gasteiger partial charge on any atom is -0.382 e. The molecule has 1 aromatic rings. The molecule has 0 aliphatic heterocycles. The summed E-state index contributed by atoms with van der Waals surface area (Å²) in [5, 5.41) is 3.12. The number of halogens is 2. The van der Waals surface area contributed by atoms with E-state index in [1.165, 1.54) is 0 Å². The Morgan fingerprint density at radius 3 is 2.84 bits per heavy atom. The first-order valence-electron chi connectivity index (χ1n) is 5.98. The van der Waals surface area contributed by atoms with Gasteiger partial charge in [0.2, 0.25) is 5.96 Å². The van der Waals surface area contributed by atoms with Gasteiger partial charge in [-0.2, -0.15) is 0 Å². The van der Waals surface area contributed by atoms with Crippen LogP contribution in [-0.4, -0.2) is 25.7 Å². The van der Waals surface area contributed by atoms with Gasteiger partial charge in [-0.3, -0.25) is 10.4 Å². The molecule has 0 fully saturated rings. The van der Waals surface area contributed by atoms with Crippen LogP contribution in [0.5, 0.6) is 0 Å². The van der Waals surface area contributed by atoms with Crippen molar-refractivity contribution in [3.63, 3.8) is 0 Å². The second kappa shape index (κ2) is 9.30. The lowest BCUT2D eigenvalue weighted by molar-refractivity contribution is 0.146. The highest BCUT2D eigenvalue weighted by Crippen LogP contribution is 2.25. The Morgan fingerprint density at radius 1 is 1.42 bits per heavy atom. The summed E-state index contributed by atoms with van der Waals surface area (Å²) in [6, 6.07) is 5.82. The number of nitrogens with one attached hydrogen (secondary N) is 2. The predicted octanol–water partition coefficient (Wildman–Crippen LogP) is 2.87. The first kappa shape index (κ1) is 16.4. The van der Waals surface area contributed by atoms with Crippen LogP contribution in [0.2, 0.25) is 0 Å². The topological polar surface area (TPSA) is 71.7 Å². The summed E-state index contributed by atoms with van der Waals surface area (Å²) in [5.74, 6) is 5.97. The van der Waals surface area contributed by atoms with E-state index in [0.29, 0.717) is 19.1 Å². The third-order valence-electron chi connectivity index (χ3n) is 2.24. The Morgan fingerprint density at radius 2 is 2.21 bits per heavy atom. The minimum absolute atomic E-state index is 0.527. The van der Waals surface area contributed by atoms with Crippen LogP contribution in [0.25, 0.3) is 0 Å². The molecule has 106 valence electrons. The predicted molar refractivity (Wildman–Crippen MR) is 86.2 cm³/mol. The molecular formula is C12H18Br2N4O. The third-order valence-corrected chi connectivity index (χ3v) is 3.39. The molecule has 0 saturated carbocycles.